The molecule has 78 valence electrons. The quantitative estimate of drug-likeness (QED) is 0.690. The van der Waals surface area contributed by atoms with Crippen molar-refractivity contribution in [1.82, 2.24) is 0 Å². The van der Waals surface area contributed by atoms with Crippen LogP contribution in [0, 0.1) is 0 Å². The Hall–Kier alpha value is -0.960. The van der Waals surface area contributed by atoms with E-state index < -0.39 is 21.3 Å². The molecule has 0 aliphatic rings. The molecule has 3 N–H and O–H groups in total. The number of nitrogens with one attached hydrogen (secondary N) is 1. The van der Waals surface area contributed by atoms with Crippen LogP contribution in [0.1, 0.15) is 0 Å². The van der Waals surface area contributed by atoms with Crippen LogP contribution in [-0.2, 0) is 21.3 Å². The second kappa shape index (κ2) is 4.05. The van der Waals surface area contributed by atoms with Gasteiger partial charge in [-0.25, -0.2) is 13.6 Å². The van der Waals surface area contributed by atoms with E-state index in [0.717, 1.165) is 6.07 Å². The Bertz CT molecular complexity index is 457. The molecule has 0 aliphatic heterocycles. The van der Waals surface area contributed by atoms with Gasteiger partial charge in [0.05, 0.1) is 4.90 Å². The number of benzene rings is 1. The Morgan fingerprint density at radius 3 is 2.57 bits per heavy atom. The summed E-state index contributed by atoms with van der Waals surface area (Å²) in [7, 11) is -3.80. The highest BCUT2D eigenvalue weighted by molar-refractivity contribution is 7.89. The molecule has 0 aromatic heterocycles. The highest BCUT2D eigenvalue weighted by atomic mass is 32.2. The van der Waals surface area contributed by atoms with Crippen molar-refractivity contribution in [3.8, 4) is 0 Å². The SMILES string of the molecule is NS(=O)(=O)c1cccc(NS(=O)[O-])c1. The molecule has 0 amide bonds. The second-order valence-electron chi connectivity index (χ2n) is 2.41. The lowest BCUT2D eigenvalue weighted by Gasteiger charge is -2.08. The Labute approximate surface area is 83.6 Å². The fourth-order valence-electron chi connectivity index (χ4n) is 0.833. The van der Waals surface area contributed by atoms with Gasteiger partial charge in [-0.05, 0) is 18.2 Å². The lowest BCUT2D eigenvalue weighted by molar-refractivity contribution is 0.542. The molecule has 6 nitrogen and oxygen atoms in total. The Morgan fingerprint density at radius 1 is 1.43 bits per heavy atom. The van der Waals surface area contributed by atoms with Crippen LogP contribution in [0.5, 0.6) is 0 Å². The molecule has 8 heteroatoms. The van der Waals surface area contributed by atoms with Gasteiger partial charge in [-0.15, -0.1) is 0 Å². The van der Waals surface area contributed by atoms with Gasteiger partial charge in [0.2, 0.25) is 10.0 Å². The number of hydrogen-bond acceptors (Lipinski definition) is 4. The molecule has 1 unspecified atom stereocenters. The van der Waals surface area contributed by atoms with Crippen LogP contribution in [0.2, 0.25) is 0 Å². The first-order chi connectivity index (χ1) is 6.39. The van der Waals surface area contributed by atoms with Crippen LogP contribution in [0.3, 0.4) is 0 Å². The van der Waals surface area contributed by atoms with Crippen molar-refractivity contribution in [2.24, 2.45) is 5.14 Å². The summed E-state index contributed by atoms with van der Waals surface area (Å²) in [6.07, 6.45) is 0. The van der Waals surface area contributed by atoms with Crippen molar-refractivity contribution in [2.75, 3.05) is 4.72 Å². The first-order valence-electron chi connectivity index (χ1n) is 3.38. The lowest BCUT2D eigenvalue weighted by Crippen LogP contribution is -2.12. The summed E-state index contributed by atoms with van der Waals surface area (Å²) in [6, 6.07) is 5.19. The van der Waals surface area contributed by atoms with Crippen molar-refractivity contribution < 1.29 is 17.2 Å². The van der Waals surface area contributed by atoms with E-state index in [-0.39, 0.29) is 10.6 Å². The summed E-state index contributed by atoms with van der Waals surface area (Å²) in [5.74, 6) is 0. The predicted molar refractivity (Wildman–Crippen MR) is 50.4 cm³/mol. The molecule has 0 saturated carbocycles. The van der Waals surface area contributed by atoms with Crippen molar-refractivity contribution in [3.05, 3.63) is 24.3 Å². The van der Waals surface area contributed by atoms with Gasteiger partial charge in [-0.3, -0.25) is 4.21 Å². The molecule has 1 atom stereocenters. The van der Waals surface area contributed by atoms with Gasteiger partial charge < -0.3 is 9.27 Å². The minimum absolute atomic E-state index is 0.143. The van der Waals surface area contributed by atoms with E-state index >= 15 is 0 Å². The highest BCUT2D eigenvalue weighted by Gasteiger charge is 2.07. The summed E-state index contributed by atoms with van der Waals surface area (Å²) in [5, 5.41) is 4.85. The molecule has 0 radical (unpaired) electrons. The third-order valence-corrected chi connectivity index (χ3v) is 2.68. The summed E-state index contributed by atoms with van der Waals surface area (Å²) in [5.41, 5.74) is 0.143. The normalized spacial score (nSPS) is 13.6. The van der Waals surface area contributed by atoms with Crippen LogP contribution in [0.25, 0.3) is 0 Å². The van der Waals surface area contributed by atoms with E-state index in [1.165, 1.54) is 18.2 Å². The van der Waals surface area contributed by atoms with Gasteiger partial charge in [0.15, 0.2) is 0 Å². The van der Waals surface area contributed by atoms with Crippen LogP contribution in [0.15, 0.2) is 29.2 Å². The van der Waals surface area contributed by atoms with E-state index in [4.69, 9.17) is 5.14 Å². The maximum Gasteiger partial charge on any atom is 0.238 e. The summed E-state index contributed by atoms with van der Waals surface area (Å²) in [6.45, 7) is 0. The number of hydrogen-bond donors (Lipinski definition) is 2. The maximum atomic E-state index is 10.9. The third kappa shape index (κ3) is 3.07. The van der Waals surface area contributed by atoms with Gasteiger partial charge in [-0.2, -0.15) is 0 Å². The zero-order chi connectivity index (χ0) is 10.8. The zero-order valence-corrected chi connectivity index (χ0v) is 8.47. The molecule has 0 fully saturated rings. The summed E-state index contributed by atoms with van der Waals surface area (Å²) in [4.78, 5) is -0.145. The number of primary sulfonamides is 1. The van der Waals surface area contributed by atoms with Gasteiger partial charge in [0, 0.05) is 17.0 Å². The van der Waals surface area contributed by atoms with E-state index in [9.17, 15) is 17.2 Å². The molecule has 1 aromatic rings. The molecule has 0 heterocycles. The molecule has 1 rings (SSSR count). The van der Waals surface area contributed by atoms with Crippen LogP contribution < -0.4 is 9.86 Å². The molecule has 0 aliphatic carbocycles. The van der Waals surface area contributed by atoms with Crippen LogP contribution >= 0.6 is 0 Å². The summed E-state index contributed by atoms with van der Waals surface area (Å²) >= 11 is -2.49. The average molecular weight is 235 g/mol. The molecule has 0 bridgehead atoms. The van der Waals surface area contributed by atoms with Crippen molar-refractivity contribution in [2.45, 2.75) is 4.90 Å². The minimum atomic E-state index is -3.80. The van der Waals surface area contributed by atoms with Gasteiger partial charge in [0.1, 0.15) is 0 Å². The first kappa shape index (κ1) is 11.1. The standard InChI is InChI=1S/C6H8N2O4S2/c7-14(11,12)6-3-1-2-5(4-6)8-13(9)10/h1-4,8H,(H,9,10)(H2,7,11,12)/p-1. The highest BCUT2D eigenvalue weighted by Crippen LogP contribution is 2.13. The zero-order valence-electron chi connectivity index (χ0n) is 6.84. The topological polar surface area (TPSA) is 112 Å². The fourth-order valence-corrected chi connectivity index (χ4v) is 1.71. The van der Waals surface area contributed by atoms with Gasteiger partial charge in [0.25, 0.3) is 0 Å². The maximum absolute atomic E-state index is 10.9. The smallest absolute Gasteiger partial charge is 0.238 e. The van der Waals surface area contributed by atoms with E-state index in [0.29, 0.717) is 0 Å². The lowest BCUT2D eigenvalue weighted by atomic mass is 10.3. The Balaban J connectivity index is 3.08. The fraction of sp³-hybridized carbons (Fsp3) is 0. The molecule has 14 heavy (non-hydrogen) atoms. The first-order valence-corrected chi connectivity index (χ1v) is 6.00. The van der Waals surface area contributed by atoms with Crippen LogP contribution in [0.4, 0.5) is 5.69 Å². The molecule has 1 aromatic carbocycles. The Kier molecular flexibility index (Phi) is 3.21. The minimum Gasteiger partial charge on any atom is -0.755 e. The van der Waals surface area contributed by atoms with Crippen LogP contribution in [-0.4, -0.2) is 17.2 Å². The molecular weight excluding hydrogens is 228 g/mol. The molecular formula is C6H7N2O4S2-. The van der Waals surface area contributed by atoms with E-state index in [1.807, 2.05) is 4.72 Å². The number of rotatable bonds is 3. The van der Waals surface area contributed by atoms with Crippen molar-refractivity contribution in [3.63, 3.8) is 0 Å². The average Bonchev–Trinajstić information content (AvgIpc) is 2.01. The van der Waals surface area contributed by atoms with E-state index in [2.05, 4.69) is 0 Å². The van der Waals surface area contributed by atoms with E-state index in [1.54, 1.807) is 0 Å². The Morgan fingerprint density at radius 2 is 2.07 bits per heavy atom. The molecule has 0 saturated heterocycles. The summed E-state index contributed by atoms with van der Waals surface area (Å²) < 4.78 is 44.2. The number of sulfonamides is 1. The predicted octanol–water partition coefficient (Wildman–Crippen LogP) is -0.460. The third-order valence-electron chi connectivity index (χ3n) is 1.36. The van der Waals surface area contributed by atoms with Gasteiger partial charge >= 0.3 is 0 Å². The largest absolute Gasteiger partial charge is 0.755 e. The van der Waals surface area contributed by atoms with Crippen molar-refractivity contribution >= 4 is 27.0 Å². The second-order valence-corrected chi connectivity index (χ2v) is 4.64. The number of nitrogens with two attached hydrogens (primary N) is 1. The van der Waals surface area contributed by atoms with Gasteiger partial charge in [-0.1, -0.05) is 6.07 Å². The monoisotopic (exact) mass is 235 g/mol. The van der Waals surface area contributed by atoms with Crippen molar-refractivity contribution in [1.29, 1.82) is 0 Å². The number of anilines is 1. The molecule has 0 spiro atoms.